The van der Waals surface area contributed by atoms with E-state index in [4.69, 9.17) is 9.31 Å². The highest BCUT2D eigenvalue weighted by Crippen LogP contribution is 2.36. The summed E-state index contributed by atoms with van der Waals surface area (Å²) in [6, 6.07) is 1.65. The van der Waals surface area contributed by atoms with Crippen molar-refractivity contribution in [2.24, 2.45) is 0 Å². The fraction of sp³-hybridized carbons (Fsp3) is 0.538. The molecule has 0 aliphatic carbocycles. The van der Waals surface area contributed by atoms with Crippen molar-refractivity contribution < 1.29 is 26.9 Å². The van der Waals surface area contributed by atoms with E-state index in [1.807, 2.05) is 0 Å². The molecular weight excluding hydrogens is 275 g/mol. The van der Waals surface area contributed by atoms with Gasteiger partial charge in [-0.2, -0.15) is 0 Å². The standard InChI is InChI=1S/C13H15BF4O2/c1-12(2)13(3,4)20-14(19-12)7-5-8(15)10(11(17)18)9(16)6-7/h5-6,11H,1-4H3. The second kappa shape index (κ2) is 4.74. The van der Waals surface area contributed by atoms with E-state index in [-0.39, 0.29) is 5.46 Å². The van der Waals surface area contributed by atoms with Crippen LogP contribution in [-0.2, 0) is 9.31 Å². The maximum absolute atomic E-state index is 13.6. The number of benzene rings is 1. The summed E-state index contributed by atoms with van der Waals surface area (Å²) in [5.74, 6) is -2.60. The highest BCUT2D eigenvalue weighted by molar-refractivity contribution is 6.62. The molecule has 1 aliphatic rings. The molecule has 7 heteroatoms. The van der Waals surface area contributed by atoms with Crippen molar-refractivity contribution in [2.75, 3.05) is 0 Å². The second-order valence-corrected chi connectivity index (χ2v) is 5.79. The lowest BCUT2D eigenvalue weighted by atomic mass is 9.78. The largest absolute Gasteiger partial charge is 0.495 e. The third-order valence-corrected chi connectivity index (χ3v) is 3.85. The third-order valence-electron chi connectivity index (χ3n) is 3.85. The van der Waals surface area contributed by atoms with Crippen LogP contribution in [0.1, 0.15) is 39.7 Å². The highest BCUT2D eigenvalue weighted by Gasteiger charge is 2.52. The molecule has 1 aliphatic heterocycles. The van der Waals surface area contributed by atoms with E-state index >= 15 is 0 Å². The summed E-state index contributed by atoms with van der Waals surface area (Å²) in [7, 11) is -0.990. The molecule has 110 valence electrons. The summed E-state index contributed by atoms with van der Waals surface area (Å²) < 4.78 is 63.4. The lowest BCUT2D eigenvalue weighted by Gasteiger charge is -2.32. The van der Waals surface area contributed by atoms with Gasteiger partial charge in [-0.25, -0.2) is 17.6 Å². The monoisotopic (exact) mass is 290 g/mol. The first-order valence-electron chi connectivity index (χ1n) is 6.18. The van der Waals surface area contributed by atoms with Gasteiger partial charge in [-0.3, -0.25) is 0 Å². The average Bonchev–Trinajstić information content (AvgIpc) is 2.46. The molecule has 1 aromatic rings. The van der Waals surface area contributed by atoms with Gasteiger partial charge in [-0.15, -0.1) is 0 Å². The van der Waals surface area contributed by atoms with Gasteiger partial charge >= 0.3 is 7.12 Å². The summed E-state index contributed by atoms with van der Waals surface area (Å²) in [4.78, 5) is 0. The molecule has 0 bridgehead atoms. The van der Waals surface area contributed by atoms with Crippen LogP contribution >= 0.6 is 0 Å². The molecule has 0 spiro atoms. The van der Waals surface area contributed by atoms with Gasteiger partial charge < -0.3 is 9.31 Å². The third kappa shape index (κ3) is 2.44. The lowest BCUT2D eigenvalue weighted by Crippen LogP contribution is -2.41. The van der Waals surface area contributed by atoms with Crippen molar-refractivity contribution in [3.63, 3.8) is 0 Å². The van der Waals surface area contributed by atoms with Crippen molar-refractivity contribution in [3.05, 3.63) is 29.3 Å². The van der Waals surface area contributed by atoms with E-state index in [0.717, 1.165) is 12.1 Å². The molecule has 1 saturated heterocycles. The van der Waals surface area contributed by atoms with E-state index < -0.39 is 41.9 Å². The molecule has 1 heterocycles. The van der Waals surface area contributed by atoms with Crippen molar-refractivity contribution in [2.45, 2.75) is 45.3 Å². The summed E-state index contributed by atoms with van der Waals surface area (Å²) in [5, 5.41) is 0. The van der Waals surface area contributed by atoms with Crippen LogP contribution in [-0.4, -0.2) is 18.3 Å². The zero-order chi connectivity index (χ0) is 15.3. The van der Waals surface area contributed by atoms with Crippen molar-refractivity contribution in [1.82, 2.24) is 0 Å². The van der Waals surface area contributed by atoms with Crippen molar-refractivity contribution in [1.29, 1.82) is 0 Å². The van der Waals surface area contributed by atoms with E-state index in [9.17, 15) is 17.6 Å². The van der Waals surface area contributed by atoms with Crippen LogP contribution < -0.4 is 5.46 Å². The Balaban J connectivity index is 2.37. The molecule has 1 fully saturated rings. The molecule has 20 heavy (non-hydrogen) atoms. The van der Waals surface area contributed by atoms with Crippen LogP contribution in [0, 0.1) is 11.6 Å². The molecule has 1 aromatic carbocycles. The second-order valence-electron chi connectivity index (χ2n) is 5.79. The zero-order valence-corrected chi connectivity index (χ0v) is 11.6. The van der Waals surface area contributed by atoms with Gasteiger partial charge in [0.15, 0.2) is 0 Å². The maximum Gasteiger partial charge on any atom is 0.495 e. The van der Waals surface area contributed by atoms with Gasteiger partial charge in [0.1, 0.15) is 11.6 Å². The number of alkyl halides is 2. The molecule has 0 saturated carbocycles. The van der Waals surface area contributed by atoms with Crippen LogP contribution in [0.2, 0.25) is 0 Å². The number of hydrogen-bond donors (Lipinski definition) is 0. The van der Waals surface area contributed by atoms with Crippen molar-refractivity contribution >= 4 is 12.6 Å². The zero-order valence-electron chi connectivity index (χ0n) is 11.6. The maximum atomic E-state index is 13.6. The fourth-order valence-electron chi connectivity index (χ4n) is 1.93. The van der Waals surface area contributed by atoms with Crippen LogP contribution in [0.15, 0.2) is 12.1 Å². The number of halogens is 4. The first kappa shape index (κ1) is 15.3. The Hall–Kier alpha value is -1.08. The van der Waals surface area contributed by atoms with Gasteiger partial charge in [0, 0.05) is 0 Å². The minimum Gasteiger partial charge on any atom is -0.399 e. The first-order valence-corrected chi connectivity index (χ1v) is 6.18. The van der Waals surface area contributed by atoms with E-state index in [1.54, 1.807) is 27.7 Å². The Morgan fingerprint density at radius 1 is 0.950 bits per heavy atom. The number of rotatable bonds is 2. The minimum atomic E-state index is -3.21. The summed E-state index contributed by atoms with van der Waals surface area (Å²) in [5.41, 5.74) is -2.54. The van der Waals surface area contributed by atoms with Crippen LogP contribution in [0.5, 0.6) is 0 Å². The fourth-order valence-corrected chi connectivity index (χ4v) is 1.93. The van der Waals surface area contributed by atoms with Crippen LogP contribution in [0.3, 0.4) is 0 Å². The molecule has 0 radical (unpaired) electrons. The Labute approximate surface area is 115 Å². The lowest BCUT2D eigenvalue weighted by molar-refractivity contribution is 0.00578. The van der Waals surface area contributed by atoms with Gasteiger partial charge in [0.2, 0.25) is 0 Å². The molecular formula is C13H15BF4O2. The molecule has 0 aromatic heterocycles. The molecule has 0 unspecified atom stereocenters. The molecule has 0 atom stereocenters. The van der Waals surface area contributed by atoms with Crippen LogP contribution in [0.4, 0.5) is 17.6 Å². The molecule has 0 amide bonds. The van der Waals surface area contributed by atoms with Gasteiger partial charge in [-0.1, -0.05) is 0 Å². The topological polar surface area (TPSA) is 18.5 Å². The molecule has 0 N–H and O–H groups in total. The summed E-state index contributed by atoms with van der Waals surface area (Å²) >= 11 is 0. The molecule has 2 nitrogen and oxygen atoms in total. The average molecular weight is 290 g/mol. The van der Waals surface area contributed by atoms with Gasteiger partial charge in [0.05, 0.1) is 16.8 Å². The van der Waals surface area contributed by atoms with Gasteiger partial charge in [0.25, 0.3) is 6.43 Å². The van der Waals surface area contributed by atoms with E-state index in [1.165, 1.54) is 0 Å². The Kier molecular flexibility index (Phi) is 3.63. The van der Waals surface area contributed by atoms with Crippen LogP contribution in [0.25, 0.3) is 0 Å². The predicted molar refractivity (Wildman–Crippen MR) is 67.0 cm³/mol. The quantitative estimate of drug-likeness (QED) is 0.615. The Morgan fingerprint density at radius 3 is 1.70 bits per heavy atom. The number of hydrogen-bond acceptors (Lipinski definition) is 2. The van der Waals surface area contributed by atoms with Gasteiger partial charge in [-0.05, 0) is 45.3 Å². The van der Waals surface area contributed by atoms with Crippen molar-refractivity contribution in [3.8, 4) is 0 Å². The minimum absolute atomic E-state index is 0.0445. The summed E-state index contributed by atoms with van der Waals surface area (Å²) in [6.07, 6.45) is -3.21. The van der Waals surface area contributed by atoms with E-state index in [2.05, 4.69) is 0 Å². The highest BCUT2D eigenvalue weighted by atomic mass is 19.3. The summed E-state index contributed by atoms with van der Waals surface area (Å²) in [6.45, 7) is 7.14. The Bertz CT molecular complexity index is 492. The SMILES string of the molecule is CC1(C)OB(c2cc(F)c(C(F)F)c(F)c2)OC1(C)C. The normalized spacial score (nSPS) is 20.8. The smallest absolute Gasteiger partial charge is 0.399 e. The van der Waals surface area contributed by atoms with E-state index in [0.29, 0.717) is 0 Å². The first-order chi connectivity index (χ1) is 9.05. The molecule has 2 rings (SSSR count). The Morgan fingerprint density at radius 2 is 1.35 bits per heavy atom. The predicted octanol–water partition coefficient (Wildman–Crippen LogP) is 3.20.